The van der Waals surface area contributed by atoms with Crippen molar-refractivity contribution < 1.29 is 13.9 Å². The van der Waals surface area contributed by atoms with E-state index >= 15 is 0 Å². The van der Waals surface area contributed by atoms with Crippen LogP contribution in [0.5, 0.6) is 5.75 Å². The Morgan fingerprint density at radius 1 is 1.37 bits per heavy atom. The summed E-state index contributed by atoms with van der Waals surface area (Å²) in [4.78, 5) is 16.0. The Balaban J connectivity index is 2.25. The number of nitrogens with one attached hydrogen (secondary N) is 1. The van der Waals surface area contributed by atoms with Gasteiger partial charge in [0.25, 0.3) is 5.91 Å². The van der Waals surface area contributed by atoms with Gasteiger partial charge in [-0.05, 0) is 37.3 Å². The molecule has 1 aromatic heterocycles. The Bertz CT molecular complexity index is 1100. The van der Waals surface area contributed by atoms with Gasteiger partial charge in [0.2, 0.25) is 0 Å². The van der Waals surface area contributed by atoms with E-state index in [1.54, 1.807) is 18.2 Å². The van der Waals surface area contributed by atoms with E-state index in [9.17, 15) is 14.4 Å². The lowest BCUT2D eigenvalue weighted by atomic mass is 10.1. The van der Waals surface area contributed by atoms with E-state index in [-0.39, 0.29) is 16.3 Å². The van der Waals surface area contributed by atoms with Gasteiger partial charge >= 0.3 is 0 Å². The second kappa shape index (κ2) is 7.48. The molecule has 136 valence electrons. The molecule has 0 bridgehead atoms. The van der Waals surface area contributed by atoms with Crippen LogP contribution in [0.15, 0.2) is 36.4 Å². The number of benzene rings is 2. The molecule has 0 saturated carbocycles. The van der Waals surface area contributed by atoms with Crippen molar-refractivity contribution in [2.24, 2.45) is 5.73 Å². The van der Waals surface area contributed by atoms with Gasteiger partial charge in [0.1, 0.15) is 28.9 Å². The minimum Gasteiger partial charge on any atom is -0.494 e. The van der Waals surface area contributed by atoms with E-state index < -0.39 is 11.7 Å². The number of anilines is 2. The molecule has 0 spiro atoms. The number of hydrogen-bond acceptors (Lipinski definition) is 5. The zero-order chi connectivity index (χ0) is 19.6. The summed E-state index contributed by atoms with van der Waals surface area (Å²) >= 11 is 5.83. The molecule has 1 heterocycles. The van der Waals surface area contributed by atoms with E-state index in [4.69, 9.17) is 22.1 Å². The highest BCUT2D eigenvalue weighted by Gasteiger charge is 2.19. The number of hydrogen-bond donors (Lipinski definition) is 2. The molecule has 0 fully saturated rings. The molecule has 0 unspecified atom stereocenters. The Labute approximate surface area is 159 Å². The predicted molar refractivity (Wildman–Crippen MR) is 101 cm³/mol. The number of primary amides is 1. The number of halogens is 2. The first-order valence-corrected chi connectivity index (χ1v) is 8.35. The lowest BCUT2D eigenvalue weighted by Crippen LogP contribution is -2.16. The number of nitrogens with two attached hydrogens (primary N) is 1. The van der Waals surface area contributed by atoms with Gasteiger partial charge in [-0.25, -0.2) is 9.37 Å². The van der Waals surface area contributed by atoms with Gasteiger partial charge in [-0.3, -0.25) is 4.79 Å². The SMILES string of the molecule is CCOc1ccc2c(Nc3ccc(F)c(Cl)c3)c(C#N)c(C(N)=O)nc2c1. The van der Waals surface area contributed by atoms with Crippen LogP contribution < -0.4 is 15.8 Å². The van der Waals surface area contributed by atoms with E-state index in [1.165, 1.54) is 18.2 Å². The van der Waals surface area contributed by atoms with Crippen LogP contribution in [0, 0.1) is 17.1 Å². The summed E-state index contributed by atoms with van der Waals surface area (Å²) in [6.45, 7) is 2.31. The largest absolute Gasteiger partial charge is 0.494 e. The normalized spacial score (nSPS) is 10.4. The monoisotopic (exact) mass is 384 g/mol. The Morgan fingerprint density at radius 2 is 2.15 bits per heavy atom. The quantitative estimate of drug-likeness (QED) is 0.688. The van der Waals surface area contributed by atoms with Crippen molar-refractivity contribution in [1.82, 2.24) is 4.98 Å². The molecule has 0 radical (unpaired) electrons. The first-order chi connectivity index (χ1) is 12.9. The number of carbonyl (C=O) groups is 1. The third-order valence-corrected chi connectivity index (χ3v) is 4.09. The molecule has 27 heavy (non-hydrogen) atoms. The number of fused-ring (bicyclic) bond motifs is 1. The van der Waals surface area contributed by atoms with Gasteiger partial charge in [0.05, 0.1) is 22.8 Å². The summed E-state index contributed by atoms with van der Waals surface area (Å²) in [6, 6.07) is 11.1. The molecular formula is C19H14ClFN4O2. The highest BCUT2D eigenvalue weighted by Crippen LogP contribution is 2.33. The molecule has 0 aliphatic heterocycles. The maximum absolute atomic E-state index is 13.4. The van der Waals surface area contributed by atoms with Crippen LogP contribution in [0.25, 0.3) is 10.9 Å². The summed E-state index contributed by atoms with van der Waals surface area (Å²) in [5.74, 6) is -0.842. The van der Waals surface area contributed by atoms with Crippen molar-refractivity contribution in [1.29, 1.82) is 5.26 Å². The van der Waals surface area contributed by atoms with Crippen LogP contribution in [0.2, 0.25) is 5.02 Å². The van der Waals surface area contributed by atoms with Gasteiger partial charge in [0, 0.05) is 17.1 Å². The molecule has 3 aromatic rings. The third-order valence-electron chi connectivity index (χ3n) is 3.80. The van der Waals surface area contributed by atoms with Gasteiger partial charge in [-0.1, -0.05) is 11.6 Å². The Morgan fingerprint density at radius 3 is 2.78 bits per heavy atom. The van der Waals surface area contributed by atoms with Crippen LogP contribution in [-0.2, 0) is 0 Å². The Kier molecular flexibility index (Phi) is 5.10. The maximum atomic E-state index is 13.4. The zero-order valence-corrected chi connectivity index (χ0v) is 15.0. The average molecular weight is 385 g/mol. The van der Waals surface area contributed by atoms with Crippen molar-refractivity contribution >= 4 is 39.8 Å². The van der Waals surface area contributed by atoms with Crippen LogP contribution in [0.3, 0.4) is 0 Å². The molecule has 2 aromatic carbocycles. The molecule has 0 aliphatic rings. The lowest BCUT2D eigenvalue weighted by Gasteiger charge is -2.15. The van der Waals surface area contributed by atoms with Crippen molar-refractivity contribution in [3.63, 3.8) is 0 Å². The van der Waals surface area contributed by atoms with Gasteiger partial charge < -0.3 is 15.8 Å². The van der Waals surface area contributed by atoms with Crippen LogP contribution in [0.4, 0.5) is 15.8 Å². The number of carbonyl (C=O) groups excluding carboxylic acids is 1. The van der Waals surface area contributed by atoms with Gasteiger partial charge in [0.15, 0.2) is 0 Å². The van der Waals surface area contributed by atoms with E-state index in [0.29, 0.717) is 34.6 Å². The fourth-order valence-corrected chi connectivity index (χ4v) is 2.82. The molecule has 6 nitrogen and oxygen atoms in total. The third kappa shape index (κ3) is 3.61. The zero-order valence-electron chi connectivity index (χ0n) is 14.2. The summed E-state index contributed by atoms with van der Waals surface area (Å²) in [7, 11) is 0. The molecular weight excluding hydrogens is 371 g/mol. The first-order valence-electron chi connectivity index (χ1n) is 7.97. The summed E-state index contributed by atoms with van der Waals surface area (Å²) in [6.07, 6.45) is 0. The number of pyridine rings is 1. The summed E-state index contributed by atoms with van der Waals surface area (Å²) < 4.78 is 18.9. The molecule has 0 saturated heterocycles. The van der Waals surface area contributed by atoms with Crippen LogP contribution >= 0.6 is 11.6 Å². The van der Waals surface area contributed by atoms with Crippen molar-refractivity contribution in [2.45, 2.75) is 6.92 Å². The fraction of sp³-hybridized carbons (Fsp3) is 0.105. The highest BCUT2D eigenvalue weighted by molar-refractivity contribution is 6.31. The Hall–Kier alpha value is -3.37. The summed E-state index contributed by atoms with van der Waals surface area (Å²) in [5, 5.41) is 13.1. The first kappa shape index (κ1) is 18.4. The topological polar surface area (TPSA) is 101 Å². The standard InChI is InChI=1S/C19H14ClFN4O2/c1-2-27-11-4-5-12-16(8-11)25-18(19(23)26)13(9-22)17(12)24-10-3-6-15(21)14(20)7-10/h3-8H,2H2,1H3,(H2,23,26)(H,24,25). The average Bonchev–Trinajstić information content (AvgIpc) is 2.64. The van der Waals surface area contributed by atoms with E-state index in [0.717, 1.165) is 0 Å². The summed E-state index contributed by atoms with van der Waals surface area (Å²) in [5.41, 5.74) is 6.40. The van der Waals surface area contributed by atoms with Crippen molar-refractivity contribution in [3.05, 3.63) is 58.5 Å². The second-order valence-electron chi connectivity index (χ2n) is 5.55. The number of nitrogens with zero attached hydrogens (tertiary/aromatic N) is 2. The molecule has 8 heteroatoms. The lowest BCUT2D eigenvalue weighted by molar-refractivity contribution is 0.0995. The minimum absolute atomic E-state index is 0.0143. The van der Waals surface area contributed by atoms with Crippen molar-refractivity contribution in [3.8, 4) is 11.8 Å². The van der Waals surface area contributed by atoms with Gasteiger partial charge in [-0.2, -0.15) is 5.26 Å². The molecule has 3 N–H and O–H groups in total. The van der Waals surface area contributed by atoms with Crippen LogP contribution in [0.1, 0.15) is 23.0 Å². The van der Waals surface area contributed by atoms with Crippen LogP contribution in [-0.4, -0.2) is 17.5 Å². The van der Waals surface area contributed by atoms with Gasteiger partial charge in [-0.15, -0.1) is 0 Å². The fourth-order valence-electron chi connectivity index (χ4n) is 2.64. The van der Waals surface area contributed by atoms with E-state index in [2.05, 4.69) is 10.3 Å². The number of rotatable bonds is 5. The highest BCUT2D eigenvalue weighted by atomic mass is 35.5. The van der Waals surface area contributed by atoms with E-state index in [1.807, 2.05) is 13.0 Å². The maximum Gasteiger partial charge on any atom is 0.268 e. The number of aromatic nitrogens is 1. The second-order valence-corrected chi connectivity index (χ2v) is 5.96. The number of amides is 1. The van der Waals surface area contributed by atoms with Crippen molar-refractivity contribution in [2.75, 3.05) is 11.9 Å². The molecule has 3 rings (SSSR count). The molecule has 0 atom stereocenters. The predicted octanol–water partition coefficient (Wildman–Crippen LogP) is 4.14. The number of ether oxygens (including phenoxy) is 1. The number of nitriles is 1. The minimum atomic E-state index is -0.838. The molecule has 0 aliphatic carbocycles. The smallest absolute Gasteiger partial charge is 0.268 e. The molecule has 1 amide bonds.